The van der Waals surface area contributed by atoms with Gasteiger partial charge in [0.15, 0.2) is 0 Å². The van der Waals surface area contributed by atoms with Crippen molar-refractivity contribution in [3.63, 3.8) is 0 Å². The SMILES string of the molecule is Cc1cc(-c2[nH]c(=O)sc2CN2CCNCC2)ccc1F. The summed E-state index contributed by atoms with van der Waals surface area (Å²) in [5.41, 5.74) is 2.29. The van der Waals surface area contributed by atoms with Crippen molar-refractivity contribution in [2.45, 2.75) is 13.5 Å². The highest BCUT2D eigenvalue weighted by Gasteiger charge is 2.16. The molecule has 3 rings (SSSR count). The molecule has 1 aliphatic rings. The zero-order valence-corrected chi connectivity index (χ0v) is 12.7. The Labute approximate surface area is 126 Å². The van der Waals surface area contributed by atoms with Gasteiger partial charge in [0, 0.05) is 37.6 Å². The molecule has 1 saturated heterocycles. The molecule has 1 aliphatic heterocycles. The zero-order chi connectivity index (χ0) is 14.8. The second-order valence-electron chi connectivity index (χ2n) is 5.30. The van der Waals surface area contributed by atoms with Gasteiger partial charge in [-0.1, -0.05) is 11.3 Å². The third-order valence-corrected chi connectivity index (χ3v) is 4.61. The number of H-pyrrole nitrogens is 1. The first-order valence-corrected chi connectivity index (χ1v) is 7.87. The molecule has 4 nitrogen and oxygen atoms in total. The number of halogens is 1. The van der Waals surface area contributed by atoms with E-state index < -0.39 is 0 Å². The summed E-state index contributed by atoms with van der Waals surface area (Å²) in [6.45, 7) is 6.41. The van der Waals surface area contributed by atoms with E-state index in [0.29, 0.717) is 5.56 Å². The van der Waals surface area contributed by atoms with Crippen LogP contribution in [0.3, 0.4) is 0 Å². The number of nitrogens with zero attached hydrogens (tertiary/aromatic N) is 1. The first-order chi connectivity index (χ1) is 10.1. The van der Waals surface area contributed by atoms with Crippen LogP contribution in [0.2, 0.25) is 0 Å². The largest absolute Gasteiger partial charge is 0.314 e. The van der Waals surface area contributed by atoms with Crippen molar-refractivity contribution in [2.75, 3.05) is 26.2 Å². The molecular formula is C15H18FN3OS. The number of aromatic amines is 1. The molecule has 0 bridgehead atoms. The minimum Gasteiger partial charge on any atom is -0.314 e. The molecule has 2 aromatic rings. The number of rotatable bonds is 3. The zero-order valence-electron chi connectivity index (χ0n) is 11.9. The third-order valence-electron chi connectivity index (χ3n) is 3.75. The fraction of sp³-hybridized carbons (Fsp3) is 0.400. The topological polar surface area (TPSA) is 48.1 Å². The number of hydrogen-bond acceptors (Lipinski definition) is 4. The summed E-state index contributed by atoms with van der Waals surface area (Å²) in [5.74, 6) is -0.222. The molecule has 2 N–H and O–H groups in total. The predicted molar refractivity (Wildman–Crippen MR) is 83.2 cm³/mol. The second kappa shape index (κ2) is 6.09. The molecular weight excluding hydrogens is 289 g/mol. The summed E-state index contributed by atoms with van der Waals surface area (Å²) in [6.07, 6.45) is 0. The maximum absolute atomic E-state index is 13.4. The molecule has 112 valence electrons. The molecule has 0 amide bonds. The predicted octanol–water partition coefficient (Wildman–Crippen LogP) is 1.96. The van der Waals surface area contributed by atoms with Crippen molar-refractivity contribution in [3.8, 4) is 11.3 Å². The Bertz CT molecular complexity index is 688. The van der Waals surface area contributed by atoms with Crippen molar-refractivity contribution < 1.29 is 4.39 Å². The van der Waals surface area contributed by atoms with E-state index in [4.69, 9.17) is 0 Å². The molecule has 1 aromatic carbocycles. The van der Waals surface area contributed by atoms with Gasteiger partial charge in [-0.15, -0.1) is 0 Å². The maximum atomic E-state index is 13.4. The first kappa shape index (κ1) is 14.4. The second-order valence-corrected chi connectivity index (χ2v) is 6.37. The number of aromatic nitrogens is 1. The van der Waals surface area contributed by atoms with Gasteiger partial charge in [-0.25, -0.2) is 4.39 Å². The molecule has 0 spiro atoms. The molecule has 6 heteroatoms. The number of aryl methyl sites for hydroxylation is 1. The van der Waals surface area contributed by atoms with Crippen LogP contribution in [0.4, 0.5) is 4.39 Å². The standard InChI is InChI=1S/C15H18FN3OS/c1-10-8-11(2-3-12(10)16)14-13(21-15(20)18-14)9-19-6-4-17-5-7-19/h2-3,8,17H,4-7,9H2,1H3,(H,18,20). The van der Waals surface area contributed by atoms with Gasteiger partial charge in [-0.2, -0.15) is 0 Å². The smallest absolute Gasteiger partial charge is 0.305 e. The van der Waals surface area contributed by atoms with Gasteiger partial charge in [0.25, 0.3) is 0 Å². The Morgan fingerprint density at radius 1 is 1.33 bits per heavy atom. The highest BCUT2D eigenvalue weighted by atomic mass is 32.1. The average Bonchev–Trinajstić information content (AvgIpc) is 2.84. The number of thiazole rings is 1. The fourth-order valence-electron chi connectivity index (χ4n) is 2.58. The summed E-state index contributed by atoms with van der Waals surface area (Å²) < 4.78 is 13.4. The molecule has 2 heterocycles. The number of piperazine rings is 1. The number of benzene rings is 1. The summed E-state index contributed by atoms with van der Waals surface area (Å²) in [4.78, 5) is 17.9. The highest BCUT2D eigenvalue weighted by Crippen LogP contribution is 2.26. The van der Waals surface area contributed by atoms with Gasteiger partial charge in [-0.05, 0) is 36.2 Å². The Hall–Kier alpha value is -1.50. The lowest BCUT2D eigenvalue weighted by atomic mass is 10.1. The van der Waals surface area contributed by atoms with Crippen LogP contribution < -0.4 is 10.2 Å². The molecule has 0 unspecified atom stereocenters. The monoisotopic (exact) mass is 307 g/mol. The van der Waals surface area contributed by atoms with Crippen LogP contribution in [0.25, 0.3) is 11.3 Å². The van der Waals surface area contributed by atoms with E-state index in [9.17, 15) is 9.18 Å². The van der Waals surface area contributed by atoms with E-state index >= 15 is 0 Å². The summed E-state index contributed by atoms with van der Waals surface area (Å²) >= 11 is 1.25. The van der Waals surface area contributed by atoms with Gasteiger partial charge in [0.2, 0.25) is 0 Å². The van der Waals surface area contributed by atoms with Crippen molar-refractivity contribution in [1.29, 1.82) is 0 Å². The molecule has 21 heavy (non-hydrogen) atoms. The lowest BCUT2D eigenvalue weighted by Gasteiger charge is -2.26. The van der Waals surface area contributed by atoms with Crippen LogP contribution in [0.1, 0.15) is 10.4 Å². The minimum absolute atomic E-state index is 0.0582. The Morgan fingerprint density at radius 2 is 2.10 bits per heavy atom. The molecule has 0 atom stereocenters. The van der Waals surface area contributed by atoms with Crippen LogP contribution in [0.5, 0.6) is 0 Å². The van der Waals surface area contributed by atoms with E-state index in [2.05, 4.69) is 15.2 Å². The molecule has 0 saturated carbocycles. The molecule has 1 aromatic heterocycles. The van der Waals surface area contributed by atoms with Crippen LogP contribution in [0.15, 0.2) is 23.0 Å². The van der Waals surface area contributed by atoms with E-state index in [0.717, 1.165) is 48.9 Å². The van der Waals surface area contributed by atoms with Gasteiger partial charge < -0.3 is 10.3 Å². The van der Waals surface area contributed by atoms with E-state index in [1.807, 2.05) is 0 Å². The van der Waals surface area contributed by atoms with E-state index in [-0.39, 0.29) is 10.7 Å². The highest BCUT2D eigenvalue weighted by molar-refractivity contribution is 7.09. The van der Waals surface area contributed by atoms with Gasteiger partial charge in [0.05, 0.1) is 5.69 Å². The Balaban J connectivity index is 1.91. The summed E-state index contributed by atoms with van der Waals surface area (Å²) in [7, 11) is 0. The summed E-state index contributed by atoms with van der Waals surface area (Å²) in [5, 5.41) is 3.32. The fourth-order valence-corrected chi connectivity index (χ4v) is 3.47. The van der Waals surface area contributed by atoms with Crippen LogP contribution >= 0.6 is 11.3 Å². The van der Waals surface area contributed by atoms with Gasteiger partial charge in [0.1, 0.15) is 5.82 Å². The maximum Gasteiger partial charge on any atom is 0.305 e. The van der Waals surface area contributed by atoms with Crippen molar-refractivity contribution in [1.82, 2.24) is 15.2 Å². The van der Waals surface area contributed by atoms with E-state index in [1.54, 1.807) is 19.1 Å². The van der Waals surface area contributed by atoms with Gasteiger partial charge in [-0.3, -0.25) is 9.69 Å². The van der Waals surface area contributed by atoms with Gasteiger partial charge >= 0.3 is 4.87 Å². The lowest BCUT2D eigenvalue weighted by molar-refractivity contribution is 0.235. The Kier molecular flexibility index (Phi) is 4.19. The van der Waals surface area contributed by atoms with Crippen LogP contribution in [-0.4, -0.2) is 36.1 Å². The molecule has 0 radical (unpaired) electrons. The quantitative estimate of drug-likeness (QED) is 0.911. The van der Waals surface area contributed by atoms with Crippen molar-refractivity contribution in [3.05, 3.63) is 44.1 Å². The number of hydrogen-bond donors (Lipinski definition) is 2. The molecule has 1 fully saturated rings. The Morgan fingerprint density at radius 3 is 2.81 bits per heavy atom. The lowest BCUT2D eigenvalue weighted by Crippen LogP contribution is -2.42. The van der Waals surface area contributed by atoms with Crippen LogP contribution in [0, 0.1) is 12.7 Å². The van der Waals surface area contributed by atoms with Crippen molar-refractivity contribution >= 4 is 11.3 Å². The molecule has 0 aliphatic carbocycles. The van der Waals surface area contributed by atoms with Crippen molar-refractivity contribution in [2.24, 2.45) is 0 Å². The third kappa shape index (κ3) is 3.23. The normalized spacial score (nSPS) is 16.3. The minimum atomic E-state index is -0.222. The average molecular weight is 307 g/mol. The first-order valence-electron chi connectivity index (χ1n) is 7.05. The summed E-state index contributed by atoms with van der Waals surface area (Å²) in [6, 6.07) is 4.96. The number of nitrogens with one attached hydrogen (secondary N) is 2. The van der Waals surface area contributed by atoms with Crippen LogP contribution in [-0.2, 0) is 6.54 Å². The van der Waals surface area contributed by atoms with E-state index in [1.165, 1.54) is 17.4 Å².